The van der Waals surface area contributed by atoms with Crippen molar-refractivity contribution in [3.8, 4) is 0 Å². The maximum absolute atomic E-state index is 12.0. The van der Waals surface area contributed by atoms with Crippen LogP contribution in [-0.4, -0.2) is 27.3 Å². The van der Waals surface area contributed by atoms with E-state index in [0.717, 1.165) is 29.9 Å². The van der Waals surface area contributed by atoms with Crippen molar-refractivity contribution in [2.75, 3.05) is 6.54 Å². The second kappa shape index (κ2) is 7.42. The van der Waals surface area contributed by atoms with Crippen LogP contribution >= 0.6 is 0 Å². The van der Waals surface area contributed by atoms with E-state index in [1.807, 2.05) is 54.9 Å². The first-order valence-electron chi connectivity index (χ1n) is 7.94. The van der Waals surface area contributed by atoms with E-state index in [1.54, 1.807) is 6.92 Å². The van der Waals surface area contributed by atoms with E-state index in [1.165, 1.54) is 0 Å². The third kappa shape index (κ3) is 4.93. The third-order valence-corrected chi connectivity index (χ3v) is 3.87. The summed E-state index contributed by atoms with van der Waals surface area (Å²) in [5.41, 5.74) is 1.73. The first-order chi connectivity index (χ1) is 10.9. The highest BCUT2D eigenvalue weighted by Crippen LogP contribution is 2.23. The second-order valence-corrected chi connectivity index (χ2v) is 6.17. The zero-order valence-electron chi connectivity index (χ0n) is 14.0. The van der Waals surface area contributed by atoms with Gasteiger partial charge in [0.2, 0.25) is 5.91 Å². The van der Waals surface area contributed by atoms with Gasteiger partial charge in [0.1, 0.15) is 0 Å². The zero-order chi connectivity index (χ0) is 16.9. The standard InChI is InChI=1S/C18H25N3O2/c1-14-12-15(2)21(20-14)11-7-10-19-17(22)13-18(3,23)16-8-5-4-6-9-16/h4-6,8-9,12,23H,7,10-11,13H2,1-3H3,(H,19,22). The maximum atomic E-state index is 12.0. The lowest BCUT2D eigenvalue weighted by Crippen LogP contribution is -2.33. The number of nitrogens with one attached hydrogen (secondary N) is 1. The summed E-state index contributed by atoms with van der Waals surface area (Å²) in [6.45, 7) is 7.00. The number of aliphatic hydroxyl groups is 1. The molecule has 1 aromatic carbocycles. The normalized spacial score (nSPS) is 13.6. The fourth-order valence-electron chi connectivity index (χ4n) is 2.63. The molecule has 0 aliphatic rings. The van der Waals surface area contributed by atoms with Crippen molar-refractivity contribution >= 4 is 5.91 Å². The molecule has 2 rings (SSSR count). The number of aryl methyl sites for hydroxylation is 3. The lowest BCUT2D eigenvalue weighted by Gasteiger charge is -2.23. The van der Waals surface area contributed by atoms with Crippen LogP contribution in [0.2, 0.25) is 0 Å². The van der Waals surface area contributed by atoms with E-state index in [4.69, 9.17) is 0 Å². The average molecular weight is 315 g/mol. The van der Waals surface area contributed by atoms with Gasteiger partial charge in [0.15, 0.2) is 0 Å². The van der Waals surface area contributed by atoms with Crippen LogP contribution in [0.5, 0.6) is 0 Å². The minimum Gasteiger partial charge on any atom is -0.385 e. The fraction of sp³-hybridized carbons (Fsp3) is 0.444. The predicted molar refractivity (Wildman–Crippen MR) is 90.0 cm³/mol. The van der Waals surface area contributed by atoms with E-state index in [-0.39, 0.29) is 12.3 Å². The molecule has 1 unspecified atom stereocenters. The van der Waals surface area contributed by atoms with Gasteiger partial charge in [-0.05, 0) is 38.8 Å². The Balaban J connectivity index is 1.76. The van der Waals surface area contributed by atoms with Crippen LogP contribution < -0.4 is 5.32 Å². The molecule has 0 saturated carbocycles. The van der Waals surface area contributed by atoms with Gasteiger partial charge < -0.3 is 10.4 Å². The van der Waals surface area contributed by atoms with Crippen LogP contribution in [0.3, 0.4) is 0 Å². The van der Waals surface area contributed by atoms with Crippen molar-refractivity contribution in [3.05, 3.63) is 53.3 Å². The predicted octanol–water partition coefficient (Wildman–Crippen LogP) is 2.30. The summed E-state index contributed by atoms with van der Waals surface area (Å²) >= 11 is 0. The number of aromatic nitrogens is 2. The van der Waals surface area contributed by atoms with Crippen molar-refractivity contribution in [3.63, 3.8) is 0 Å². The van der Waals surface area contributed by atoms with Crippen LogP contribution in [0.4, 0.5) is 0 Å². The van der Waals surface area contributed by atoms with E-state index < -0.39 is 5.60 Å². The SMILES string of the molecule is Cc1cc(C)n(CCCNC(=O)CC(C)(O)c2ccccc2)n1. The Hall–Kier alpha value is -2.14. The molecule has 1 amide bonds. The highest BCUT2D eigenvalue weighted by atomic mass is 16.3. The van der Waals surface area contributed by atoms with Crippen molar-refractivity contribution in [2.24, 2.45) is 0 Å². The Morgan fingerprint density at radius 2 is 2.00 bits per heavy atom. The Bertz CT molecular complexity index is 648. The minimum absolute atomic E-state index is 0.0525. The molecule has 1 aromatic heterocycles. The van der Waals surface area contributed by atoms with E-state index in [9.17, 15) is 9.90 Å². The molecule has 5 nitrogen and oxygen atoms in total. The second-order valence-electron chi connectivity index (χ2n) is 6.17. The van der Waals surface area contributed by atoms with Gasteiger partial charge in [0, 0.05) is 18.8 Å². The zero-order valence-corrected chi connectivity index (χ0v) is 14.0. The summed E-state index contributed by atoms with van der Waals surface area (Å²) in [4.78, 5) is 12.0. The van der Waals surface area contributed by atoms with E-state index >= 15 is 0 Å². The highest BCUT2D eigenvalue weighted by molar-refractivity contribution is 5.77. The third-order valence-electron chi connectivity index (χ3n) is 3.87. The van der Waals surface area contributed by atoms with Gasteiger partial charge >= 0.3 is 0 Å². The van der Waals surface area contributed by atoms with Gasteiger partial charge in [0.25, 0.3) is 0 Å². The molecule has 0 bridgehead atoms. The molecular formula is C18H25N3O2. The molecule has 0 saturated heterocycles. The fourth-order valence-corrected chi connectivity index (χ4v) is 2.63. The van der Waals surface area contributed by atoms with Crippen LogP contribution in [0.25, 0.3) is 0 Å². The molecule has 124 valence electrons. The van der Waals surface area contributed by atoms with Gasteiger partial charge in [0.05, 0.1) is 17.7 Å². The van der Waals surface area contributed by atoms with Gasteiger partial charge in [-0.1, -0.05) is 30.3 Å². The number of hydrogen-bond donors (Lipinski definition) is 2. The smallest absolute Gasteiger partial charge is 0.223 e. The molecule has 2 aromatic rings. The Kier molecular flexibility index (Phi) is 5.55. The average Bonchev–Trinajstić information content (AvgIpc) is 2.82. The topological polar surface area (TPSA) is 67.2 Å². The monoisotopic (exact) mass is 315 g/mol. The number of amides is 1. The molecule has 1 atom stereocenters. The molecule has 5 heteroatoms. The van der Waals surface area contributed by atoms with E-state index in [0.29, 0.717) is 6.54 Å². The maximum Gasteiger partial charge on any atom is 0.223 e. The number of hydrogen-bond acceptors (Lipinski definition) is 3. The van der Waals surface area contributed by atoms with Gasteiger partial charge in [-0.25, -0.2) is 0 Å². The lowest BCUT2D eigenvalue weighted by atomic mass is 9.92. The molecule has 1 heterocycles. The van der Waals surface area contributed by atoms with Crippen molar-refractivity contribution < 1.29 is 9.90 Å². The summed E-state index contributed by atoms with van der Waals surface area (Å²) in [7, 11) is 0. The van der Waals surface area contributed by atoms with E-state index in [2.05, 4.69) is 10.4 Å². The molecule has 23 heavy (non-hydrogen) atoms. The van der Waals surface area contributed by atoms with Crippen molar-refractivity contribution in [2.45, 2.75) is 45.8 Å². The molecule has 2 N–H and O–H groups in total. The van der Waals surface area contributed by atoms with Gasteiger partial charge in [-0.2, -0.15) is 5.10 Å². The number of rotatable bonds is 7. The minimum atomic E-state index is -1.15. The number of carbonyl (C=O) groups is 1. The molecule has 0 fully saturated rings. The first kappa shape index (κ1) is 17.2. The number of carbonyl (C=O) groups excluding carboxylic acids is 1. The van der Waals surface area contributed by atoms with Crippen LogP contribution in [0.15, 0.2) is 36.4 Å². The number of benzene rings is 1. The number of nitrogens with zero attached hydrogens (tertiary/aromatic N) is 2. The largest absolute Gasteiger partial charge is 0.385 e. The van der Waals surface area contributed by atoms with Crippen LogP contribution in [0, 0.1) is 13.8 Å². The Labute approximate surface area is 137 Å². The van der Waals surface area contributed by atoms with Crippen LogP contribution in [0.1, 0.15) is 36.7 Å². The molecule has 0 radical (unpaired) electrons. The van der Waals surface area contributed by atoms with Crippen LogP contribution in [-0.2, 0) is 16.9 Å². The van der Waals surface area contributed by atoms with Gasteiger partial charge in [-0.15, -0.1) is 0 Å². The van der Waals surface area contributed by atoms with Gasteiger partial charge in [-0.3, -0.25) is 9.48 Å². The molecule has 0 aliphatic heterocycles. The summed E-state index contributed by atoms with van der Waals surface area (Å²) < 4.78 is 1.95. The molecular weight excluding hydrogens is 290 g/mol. The first-order valence-corrected chi connectivity index (χ1v) is 7.94. The summed E-state index contributed by atoms with van der Waals surface area (Å²) in [6.07, 6.45) is 0.859. The van der Waals surface area contributed by atoms with Crippen molar-refractivity contribution in [1.82, 2.24) is 15.1 Å². The Morgan fingerprint density at radius 3 is 2.61 bits per heavy atom. The lowest BCUT2D eigenvalue weighted by molar-refractivity contribution is -0.125. The summed E-state index contributed by atoms with van der Waals surface area (Å²) in [5, 5.41) is 17.7. The Morgan fingerprint density at radius 1 is 1.30 bits per heavy atom. The quantitative estimate of drug-likeness (QED) is 0.771. The summed E-state index contributed by atoms with van der Waals surface area (Å²) in [6, 6.07) is 11.3. The highest BCUT2D eigenvalue weighted by Gasteiger charge is 2.26. The summed E-state index contributed by atoms with van der Waals surface area (Å²) in [5.74, 6) is -0.146. The van der Waals surface area contributed by atoms with Crippen molar-refractivity contribution in [1.29, 1.82) is 0 Å². The molecule has 0 spiro atoms. The molecule has 0 aliphatic carbocycles.